The molecule has 0 aliphatic rings. The van der Waals surface area contributed by atoms with Gasteiger partial charge in [0.25, 0.3) is 0 Å². The molecule has 57 heavy (non-hydrogen) atoms. The molecule has 0 bridgehead atoms. The van der Waals surface area contributed by atoms with Crippen LogP contribution in [0.5, 0.6) is 0 Å². The molecule has 0 radical (unpaired) electrons. The van der Waals surface area contributed by atoms with E-state index in [1.807, 2.05) is 0 Å². The first-order valence-electron chi connectivity index (χ1n) is 26.0. The predicted octanol–water partition coefficient (Wildman–Crippen LogP) is 18.4. The second kappa shape index (κ2) is 43.0. The van der Waals surface area contributed by atoms with E-state index in [1.54, 1.807) is 0 Å². The zero-order chi connectivity index (χ0) is 42.0. The van der Waals surface area contributed by atoms with Gasteiger partial charge in [-0.15, -0.1) is 0 Å². The van der Waals surface area contributed by atoms with Gasteiger partial charge in [-0.3, -0.25) is 0 Å². The zero-order valence-corrected chi connectivity index (χ0v) is 45.5. The van der Waals surface area contributed by atoms with E-state index in [-0.39, 0.29) is 0 Å². The molecule has 0 spiro atoms. The van der Waals surface area contributed by atoms with Crippen LogP contribution >= 0.6 is 0 Å². The van der Waals surface area contributed by atoms with E-state index in [9.17, 15) is 9.59 Å². The van der Waals surface area contributed by atoms with Crippen molar-refractivity contribution in [3.05, 3.63) is 24.3 Å². The molecule has 3 nitrogen and oxygen atoms in total. The van der Waals surface area contributed by atoms with Gasteiger partial charge in [-0.25, -0.2) is 0 Å². The molecule has 0 aromatic rings. The van der Waals surface area contributed by atoms with E-state index < -0.39 is 37.6 Å². The maximum atomic E-state index is 14.8. The Morgan fingerprint density at radius 3 is 0.912 bits per heavy atom. The third-order valence-electron chi connectivity index (χ3n) is 12.5. The summed E-state index contributed by atoms with van der Waals surface area (Å²) in [5.74, 6) is 0. The summed E-state index contributed by atoms with van der Waals surface area (Å²) < 4.78 is 13.0. The summed E-state index contributed by atoms with van der Waals surface area (Å²) in [7, 11) is 0. The van der Waals surface area contributed by atoms with Gasteiger partial charge in [0.2, 0.25) is 0 Å². The van der Waals surface area contributed by atoms with Crippen LogP contribution in [-0.2, 0) is 11.0 Å². The molecule has 0 amide bonds. The number of hydrogen-bond donors (Lipinski definition) is 0. The number of unbranched alkanes of at least 4 members (excludes halogenated alkanes) is 26. The first-order valence-corrected chi connectivity index (χ1v) is 39.2. The minimum atomic E-state index is -4.27. The SMILES string of the molecule is CCCCCCCC/C=C\CCCCCCC[C](=O)[Sn]([CH2]CCC)([O][Sn]([CH2]CCC)([CH2]CCC)[CH2]CCC)[C](=O)CCCCCCC/C=C\CCCCCCCC. The van der Waals surface area contributed by atoms with Crippen molar-refractivity contribution in [2.24, 2.45) is 0 Å². The van der Waals surface area contributed by atoms with E-state index in [2.05, 4.69) is 65.8 Å². The van der Waals surface area contributed by atoms with Crippen molar-refractivity contribution in [3.8, 4) is 0 Å². The molecule has 5 heteroatoms. The predicted molar refractivity (Wildman–Crippen MR) is 260 cm³/mol. The number of hydrogen-bond acceptors (Lipinski definition) is 3. The molecule has 0 unspecified atom stereocenters. The standard InChI is InChI=1S/2C18H33O.4C4H9.O.2Sn/c2*1-2-3-4-5-6-7-8-9-10-11-12-13-14-15-16-17-18-19;4*1-3-4-2;;;/h2*9-10H,2-8,11-17H2,1H3;4*1,3-4H2,2H3;;;/b2*10-9-;;;;;;;. The Balaban J connectivity index is 5.38. The van der Waals surface area contributed by atoms with Crippen LogP contribution < -0.4 is 0 Å². The normalized spacial score (nSPS) is 12.5. The summed E-state index contributed by atoms with van der Waals surface area (Å²) in [6.45, 7) is 13.7. The van der Waals surface area contributed by atoms with Crippen LogP contribution in [0, 0.1) is 0 Å². The third kappa shape index (κ3) is 31.8. The topological polar surface area (TPSA) is 43.4 Å². The molecule has 0 saturated heterocycles. The van der Waals surface area contributed by atoms with Crippen LogP contribution in [0.3, 0.4) is 0 Å². The molecule has 0 heterocycles. The Morgan fingerprint density at radius 2 is 0.596 bits per heavy atom. The van der Waals surface area contributed by atoms with Gasteiger partial charge in [-0.2, -0.15) is 0 Å². The van der Waals surface area contributed by atoms with E-state index in [0.29, 0.717) is 20.4 Å². The molecule has 336 valence electrons. The van der Waals surface area contributed by atoms with Crippen LogP contribution in [-0.4, -0.2) is 45.2 Å². The van der Waals surface area contributed by atoms with Crippen LogP contribution in [0.2, 0.25) is 17.7 Å². The van der Waals surface area contributed by atoms with E-state index >= 15 is 0 Å². The molecule has 0 aliphatic carbocycles. The van der Waals surface area contributed by atoms with Gasteiger partial charge in [-0.05, 0) is 0 Å². The minimum Gasteiger partial charge on any atom is -0.0654 e. The molecule has 0 fully saturated rings. The molecule has 0 saturated carbocycles. The van der Waals surface area contributed by atoms with E-state index in [1.165, 1.54) is 193 Å². The fourth-order valence-electron chi connectivity index (χ4n) is 8.54. The van der Waals surface area contributed by atoms with Crippen molar-refractivity contribution in [1.82, 2.24) is 0 Å². The van der Waals surface area contributed by atoms with Crippen LogP contribution in [0.1, 0.15) is 273 Å². The average molecular weight is 1010 g/mol. The summed E-state index contributed by atoms with van der Waals surface area (Å²) in [5.41, 5.74) is 0. The van der Waals surface area contributed by atoms with Gasteiger partial charge >= 0.3 is 293 Å². The number of carbonyl (C=O) groups is 2. The van der Waals surface area contributed by atoms with Gasteiger partial charge < -0.3 is 0 Å². The van der Waals surface area contributed by atoms with Gasteiger partial charge in [0.15, 0.2) is 0 Å². The average Bonchev–Trinajstić information content (AvgIpc) is 3.22. The van der Waals surface area contributed by atoms with Gasteiger partial charge in [0.05, 0.1) is 0 Å². The van der Waals surface area contributed by atoms with E-state index in [4.69, 9.17) is 1.41 Å². The first-order chi connectivity index (χ1) is 27.9. The molecule has 0 N–H and O–H groups in total. The summed E-state index contributed by atoms with van der Waals surface area (Å²) in [4.78, 5) is 29.5. The van der Waals surface area contributed by atoms with Crippen molar-refractivity contribution >= 4 is 45.2 Å². The Morgan fingerprint density at radius 1 is 0.333 bits per heavy atom. The second-order valence-corrected chi connectivity index (χ2v) is 42.9. The van der Waals surface area contributed by atoms with Crippen LogP contribution in [0.15, 0.2) is 24.3 Å². The Bertz CT molecular complexity index is 870. The molecular formula is C52H102O3Sn2. The van der Waals surface area contributed by atoms with Crippen molar-refractivity contribution in [1.29, 1.82) is 0 Å². The first kappa shape index (κ1) is 57.4. The minimum absolute atomic E-state index is 0.360. The fraction of sp³-hybridized carbons (Fsp3) is 0.885. The fourth-order valence-corrected chi connectivity index (χ4v) is 57.7. The third-order valence-corrected chi connectivity index (χ3v) is 50.1. The van der Waals surface area contributed by atoms with Crippen molar-refractivity contribution < 1.29 is 11.0 Å². The van der Waals surface area contributed by atoms with Gasteiger partial charge in [0, 0.05) is 0 Å². The summed E-state index contributed by atoms with van der Waals surface area (Å²) in [5, 5.41) is 0. The Hall–Kier alpha value is 0.377. The molecular weight excluding hydrogens is 910 g/mol. The van der Waals surface area contributed by atoms with Crippen molar-refractivity contribution in [2.45, 2.75) is 290 Å². The smallest absolute Gasteiger partial charge is 0.0654 e. The number of rotatable bonds is 46. The quantitative estimate of drug-likeness (QED) is 0.0347. The molecule has 0 rings (SSSR count). The zero-order valence-electron chi connectivity index (χ0n) is 39.8. The summed E-state index contributed by atoms with van der Waals surface area (Å²) in [6.07, 6.45) is 52.8. The van der Waals surface area contributed by atoms with Crippen LogP contribution in [0.4, 0.5) is 0 Å². The van der Waals surface area contributed by atoms with Crippen molar-refractivity contribution in [2.75, 3.05) is 0 Å². The second-order valence-electron chi connectivity index (χ2n) is 18.0. The Labute approximate surface area is 368 Å². The van der Waals surface area contributed by atoms with Crippen LogP contribution in [0.25, 0.3) is 0 Å². The van der Waals surface area contributed by atoms with Gasteiger partial charge in [0.1, 0.15) is 0 Å². The number of allylic oxidation sites excluding steroid dienone is 4. The summed E-state index contributed by atoms with van der Waals surface area (Å²) in [6, 6.07) is 0. The molecule has 0 aromatic heterocycles. The van der Waals surface area contributed by atoms with Crippen molar-refractivity contribution in [3.63, 3.8) is 0 Å². The van der Waals surface area contributed by atoms with E-state index in [0.717, 1.165) is 43.0 Å². The molecule has 0 atom stereocenters. The molecule has 0 aliphatic heterocycles. The van der Waals surface area contributed by atoms with Gasteiger partial charge in [-0.1, -0.05) is 78.1 Å². The maximum absolute atomic E-state index is 14.8. The Kier molecular flexibility index (Phi) is 43.3. The number of carbonyl (C=O) groups excluding carboxylic acids is 2. The molecule has 0 aromatic carbocycles. The monoisotopic (exact) mass is 1010 g/mol. The summed E-state index contributed by atoms with van der Waals surface area (Å²) >= 11 is -7.47.